The van der Waals surface area contributed by atoms with Crippen LogP contribution in [0.3, 0.4) is 0 Å². The quantitative estimate of drug-likeness (QED) is 0.552. The van der Waals surface area contributed by atoms with Gasteiger partial charge in [0.1, 0.15) is 11.8 Å². The van der Waals surface area contributed by atoms with Gasteiger partial charge in [0.05, 0.1) is 13.2 Å². The fraction of sp³-hybridized carbons (Fsp3) is 0.536. The van der Waals surface area contributed by atoms with Gasteiger partial charge in [0.25, 0.3) is 0 Å². The third kappa shape index (κ3) is 3.29. The molecule has 6 heteroatoms. The molecule has 0 saturated heterocycles. The number of hydrogen-bond acceptors (Lipinski definition) is 5. The zero-order valence-electron chi connectivity index (χ0n) is 19.9. The normalized spacial score (nSPS) is 30.8. The molecular weight excluding hydrogens is 422 g/mol. The number of nitrogens with zero attached hydrogens (tertiary/aromatic N) is 5. The molecule has 1 aromatic heterocycles. The smallest absolute Gasteiger partial charge is 0.173 e. The van der Waals surface area contributed by atoms with Crippen LogP contribution in [-0.4, -0.2) is 38.8 Å². The van der Waals surface area contributed by atoms with Gasteiger partial charge in [-0.1, -0.05) is 42.5 Å². The van der Waals surface area contributed by atoms with Crippen LogP contribution in [0.4, 0.5) is 0 Å². The Kier molecular flexibility index (Phi) is 4.97. The van der Waals surface area contributed by atoms with E-state index < -0.39 is 0 Å². The third-order valence-electron chi connectivity index (χ3n) is 9.18. The molecule has 3 aromatic rings. The van der Waals surface area contributed by atoms with Crippen molar-refractivity contribution in [1.29, 1.82) is 0 Å². The summed E-state index contributed by atoms with van der Waals surface area (Å²) in [5.74, 6) is 5.20. The van der Waals surface area contributed by atoms with E-state index >= 15 is 0 Å². The van der Waals surface area contributed by atoms with E-state index in [2.05, 4.69) is 57.3 Å². The average Bonchev–Trinajstić information content (AvgIpc) is 3.33. The first-order valence-electron chi connectivity index (χ1n) is 13.0. The maximum atomic E-state index is 5.86. The monoisotopic (exact) mass is 455 g/mol. The van der Waals surface area contributed by atoms with Gasteiger partial charge < -0.3 is 4.74 Å². The average molecular weight is 456 g/mol. The summed E-state index contributed by atoms with van der Waals surface area (Å²) >= 11 is 0. The molecule has 0 N–H and O–H groups in total. The standard InChI is InChI=1S/C28H33N5O/c1-34-25-9-5-4-8-24(25)27(32-11-10-20-6-2-3-7-21(20)17-32)28-29-30-31-33(28)26-22-13-18-12-19(15-22)16-23(26)14-18/h2-9,18-19,22-23,26-27H,10-17H2,1H3. The van der Waals surface area contributed by atoms with Crippen LogP contribution in [-0.2, 0) is 13.0 Å². The van der Waals surface area contributed by atoms with Crippen LogP contribution in [0, 0.1) is 23.7 Å². The van der Waals surface area contributed by atoms with E-state index in [0.717, 1.165) is 60.3 Å². The molecule has 2 heterocycles. The van der Waals surface area contributed by atoms with Gasteiger partial charge in [0.2, 0.25) is 0 Å². The minimum Gasteiger partial charge on any atom is -0.496 e. The minimum atomic E-state index is -0.0308. The lowest BCUT2D eigenvalue weighted by Crippen LogP contribution is -2.47. The minimum absolute atomic E-state index is 0.0308. The van der Waals surface area contributed by atoms with Crippen molar-refractivity contribution in [1.82, 2.24) is 25.1 Å². The van der Waals surface area contributed by atoms with E-state index in [1.807, 2.05) is 6.07 Å². The van der Waals surface area contributed by atoms with E-state index in [1.54, 1.807) is 7.11 Å². The van der Waals surface area contributed by atoms with Crippen LogP contribution < -0.4 is 4.74 Å². The molecule has 8 rings (SSSR count). The lowest BCUT2D eigenvalue weighted by atomic mass is 9.54. The summed E-state index contributed by atoms with van der Waals surface area (Å²) in [6.45, 7) is 1.88. The zero-order valence-corrected chi connectivity index (χ0v) is 19.9. The first-order valence-corrected chi connectivity index (χ1v) is 13.0. The highest BCUT2D eigenvalue weighted by atomic mass is 16.5. The number of para-hydroxylation sites is 1. The first kappa shape index (κ1) is 20.6. The van der Waals surface area contributed by atoms with Gasteiger partial charge in [-0.05, 0) is 89.8 Å². The van der Waals surface area contributed by atoms with E-state index in [1.165, 1.54) is 43.2 Å². The molecular formula is C28H33N5O. The van der Waals surface area contributed by atoms with Gasteiger partial charge in [-0.25, -0.2) is 4.68 Å². The Hall–Kier alpha value is -2.73. The summed E-state index contributed by atoms with van der Waals surface area (Å²) in [7, 11) is 1.77. The predicted octanol–water partition coefficient (Wildman–Crippen LogP) is 4.83. The molecule has 1 aliphatic heterocycles. The van der Waals surface area contributed by atoms with Crippen LogP contribution in [0.2, 0.25) is 0 Å². The molecule has 1 unspecified atom stereocenters. The second-order valence-corrected chi connectivity index (χ2v) is 11.0. The summed E-state index contributed by atoms with van der Waals surface area (Å²) in [6, 6.07) is 17.7. The SMILES string of the molecule is COc1ccccc1C(c1nnnn1C1C2CC3CC(C2)CC1C3)N1CCc2ccccc2C1. The number of rotatable bonds is 5. The van der Waals surface area contributed by atoms with E-state index in [4.69, 9.17) is 15.0 Å². The summed E-state index contributed by atoms with van der Waals surface area (Å²) in [6.07, 6.45) is 7.92. The zero-order chi connectivity index (χ0) is 22.6. The summed E-state index contributed by atoms with van der Waals surface area (Å²) < 4.78 is 8.11. The molecule has 2 aromatic carbocycles. The highest BCUT2D eigenvalue weighted by molar-refractivity contribution is 5.40. The van der Waals surface area contributed by atoms with Crippen molar-refractivity contribution in [3.63, 3.8) is 0 Å². The second-order valence-electron chi connectivity index (χ2n) is 11.0. The molecule has 1 atom stereocenters. The fourth-order valence-corrected chi connectivity index (χ4v) is 8.02. The number of aromatic nitrogens is 4. The lowest BCUT2D eigenvalue weighted by molar-refractivity contribution is -0.0366. The molecule has 5 aliphatic rings. The van der Waals surface area contributed by atoms with Crippen LogP contribution in [0.25, 0.3) is 0 Å². The number of ether oxygens (including phenoxy) is 1. The highest BCUT2D eigenvalue weighted by Crippen LogP contribution is 2.58. The number of methoxy groups -OCH3 is 1. The Balaban J connectivity index is 1.32. The van der Waals surface area contributed by atoms with Crippen molar-refractivity contribution in [2.45, 2.75) is 57.2 Å². The van der Waals surface area contributed by atoms with Gasteiger partial charge in [-0.3, -0.25) is 4.90 Å². The molecule has 4 aliphatic carbocycles. The Morgan fingerprint density at radius 2 is 1.59 bits per heavy atom. The van der Waals surface area contributed by atoms with Crippen LogP contribution in [0.5, 0.6) is 5.75 Å². The van der Waals surface area contributed by atoms with Crippen molar-refractivity contribution in [2.24, 2.45) is 23.7 Å². The third-order valence-corrected chi connectivity index (χ3v) is 9.18. The Labute approximate surface area is 201 Å². The maximum Gasteiger partial charge on any atom is 0.173 e. The van der Waals surface area contributed by atoms with Crippen LogP contribution in [0.1, 0.15) is 66.7 Å². The van der Waals surface area contributed by atoms with Gasteiger partial charge in [-0.15, -0.1) is 5.10 Å². The van der Waals surface area contributed by atoms with Gasteiger partial charge in [0.15, 0.2) is 5.82 Å². The van der Waals surface area contributed by atoms with Crippen molar-refractivity contribution in [2.75, 3.05) is 13.7 Å². The predicted molar refractivity (Wildman–Crippen MR) is 129 cm³/mol. The Morgan fingerprint density at radius 1 is 0.882 bits per heavy atom. The molecule has 6 nitrogen and oxygen atoms in total. The number of fused-ring (bicyclic) bond motifs is 1. The molecule has 4 bridgehead atoms. The molecule has 0 amide bonds. The fourth-order valence-electron chi connectivity index (χ4n) is 8.02. The molecule has 0 radical (unpaired) electrons. The summed E-state index contributed by atoms with van der Waals surface area (Å²) in [5, 5.41) is 13.7. The van der Waals surface area contributed by atoms with E-state index in [-0.39, 0.29) is 6.04 Å². The molecule has 176 valence electrons. The molecule has 4 fully saturated rings. The van der Waals surface area contributed by atoms with Crippen molar-refractivity contribution < 1.29 is 4.74 Å². The lowest BCUT2D eigenvalue weighted by Gasteiger charge is -2.54. The molecule has 4 saturated carbocycles. The van der Waals surface area contributed by atoms with Gasteiger partial charge >= 0.3 is 0 Å². The van der Waals surface area contributed by atoms with Gasteiger partial charge in [-0.2, -0.15) is 0 Å². The van der Waals surface area contributed by atoms with Crippen molar-refractivity contribution in [3.8, 4) is 5.75 Å². The molecule has 34 heavy (non-hydrogen) atoms. The number of hydrogen-bond donors (Lipinski definition) is 0. The number of benzene rings is 2. The van der Waals surface area contributed by atoms with E-state index in [9.17, 15) is 0 Å². The van der Waals surface area contributed by atoms with Crippen LogP contribution in [0.15, 0.2) is 48.5 Å². The number of tetrazole rings is 1. The summed E-state index contributed by atoms with van der Waals surface area (Å²) in [4.78, 5) is 2.55. The van der Waals surface area contributed by atoms with Gasteiger partial charge in [0, 0.05) is 18.7 Å². The Morgan fingerprint density at radius 3 is 2.35 bits per heavy atom. The summed E-state index contributed by atoms with van der Waals surface area (Å²) in [5.41, 5.74) is 4.02. The largest absolute Gasteiger partial charge is 0.496 e. The maximum absolute atomic E-state index is 5.86. The van der Waals surface area contributed by atoms with Crippen molar-refractivity contribution >= 4 is 0 Å². The Bertz CT molecular complexity index is 1160. The first-order chi connectivity index (χ1) is 16.8. The van der Waals surface area contributed by atoms with Crippen LogP contribution >= 0.6 is 0 Å². The second kappa shape index (κ2) is 8.19. The van der Waals surface area contributed by atoms with E-state index in [0.29, 0.717) is 6.04 Å². The van der Waals surface area contributed by atoms with Crippen molar-refractivity contribution in [3.05, 3.63) is 71.0 Å². The highest BCUT2D eigenvalue weighted by Gasteiger charge is 2.50. The topological polar surface area (TPSA) is 56.1 Å². The molecule has 0 spiro atoms.